The molecule has 1 aromatic carbocycles. The lowest BCUT2D eigenvalue weighted by atomic mass is 10.2. The normalized spacial score (nSPS) is 12.0. The highest BCUT2D eigenvalue weighted by atomic mass is 31.2. The van der Waals surface area contributed by atoms with Crippen LogP contribution in [-0.2, 0) is 13.8 Å². The summed E-state index contributed by atoms with van der Waals surface area (Å²) in [5.74, 6) is -0.228. The predicted octanol–water partition coefficient (Wildman–Crippen LogP) is 2.66. The van der Waals surface area contributed by atoms with Crippen LogP contribution in [0.5, 0.6) is 0 Å². The van der Waals surface area contributed by atoms with Gasteiger partial charge in [0.15, 0.2) is 8.38 Å². The van der Waals surface area contributed by atoms with E-state index in [1.54, 1.807) is 12.7 Å². The third-order valence-electron chi connectivity index (χ3n) is 2.21. The summed E-state index contributed by atoms with van der Waals surface area (Å²) >= 11 is 0. The zero-order valence-corrected chi connectivity index (χ0v) is 12.2. The van der Waals surface area contributed by atoms with Gasteiger partial charge in [0.05, 0.1) is 19.1 Å². The van der Waals surface area contributed by atoms with Crippen LogP contribution in [0.3, 0.4) is 0 Å². The fourth-order valence-corrected chi connectivity index (χ4v) is 1.92. The van der Waals surface area contributed by atoms with Gasteiger partial charge < -0.3 is 14.4 Å². The lowest BCUT2D eigenvalue weighted by molar-refractivity contribution is -0.117. The molecular weight excluding hydrogens is 275 g/mol. The first-order valence-corrected chi connectivity index (χ1v) is 7.72. The van der Waals surface area contributed by atoms with Crippen LogP contribution in [0.25, 0.3) is 6.08 Å². The van der Waals surface area contributed by atoms with Gasteiger partial charge in [0, 0.05) is 12.7 Å². The number of nitrogens with zero attached hydrogens (tertiary/aromatic N) is 1. The van der Waals surface area contributed by atoms with Crippen LogP contribution < -0.4 is 5.32 Å². The van der Waals surface area contributed by atoms with Gasteiger partial charge in [0.25, 0.3) is 0 Å². The van der Waals surface area contributed by atoms with Crippen LogP contribution in [0.2, 0.25) is 0 Å². The molecule has 0 aromatic heterocycles. The lowest BCUT2D eigenvalue weighted by Gasteiger charge is -2.11. The van der Waals surface area contributed by atoms with Gasteiger partial charge in [-0.05, 0) is 11.6 Å². The van der Waals surface area contributed by atoms with Crippen molar-refractivity contribution in [3.63, 3.8) is 0 Å². The summed E-state index contributed by atoms with van der Waals surface area (Å²) in [5.41, 5.74) is 0.959. The topological polar surface area (TPSA) is 71.3 Å². The molecule has 0 aliphatic heterocycles. The number of carbonyl (C=O) groups excluding carboxylic acids is 1. The van der Waals surface area contributed by atoms with Crippen LogP contribution in [0.1, 0.15) is 12.0 Å². The van der Waals surface area contributed by atoms with Gasteiger partial charge >= 0.3 is 0 Å². The minimum absolute atomic E-state index is 0.0900. The zero-order valence-electron chi connectivity index (χ0n) is 11.3. The van der Waals surface area contributed by atoms with Gasteiger partial charge in [-0.3, -0.25) is 4.79 Å². The number of nitriles is 1. The quantitative estimate of drug-likeness (QED) is 0.346. The highest BCUT2D eigenvalue weighted by Gasteiger charge is 2.03. The lowest BCUT2D eigenvalue weighted by Crippen LogP contribution is -2.23. The van der Waals surface area contributed by atoms with E-state index < -0.39 is 8.38 Å². The fourth-order valence-electron chi connectivity index (χ4n) is 1.25. The van der Waals surface area contributed by atoms with Crippen molar-refractivity contribution in [3.8, 4) is 6.07 Å². The number of rotatable bonds is 8. The minimum atomic E-state index is -1.07. The Morgan fingerprint density at radius 2 is 2.15 bits per heavy atom. The number of hydrogen-bond acceptors (Lipinski definition) is 4. The Kier molecular flexibility index (Phi) is 8.25. The van der Waals surface area contributed by atoms with Crippen LogP contribution >= 0.6 is 8.38 Å². The van der Waals surface area contributed by atoms with E-state index in [1.165, 1.54) is 6.08 Å². The number of benzene rings is 1. The van der Waals surface area contributed by atoms with Crippen molar-refractivity contribution in [1.82, 2.24) is 5.32 Å². The largest absolute Gasteiger partial charge is 0.333 e. The third-order valence-corrected chi connectivity index (χ3v) is 3.25. The molecule has 1 unspecified atom stereocenters. The Hall–Kier alpha value is -1.73. The Balaban J connectivity index is 2.17. The minimum Gasteiger partial charge on any atom is -0.333 e. The molecule has 1 aromatic rings. The Labute approximate surface area is 120 Å². The second-order valence-electron chi connectivity index (χ2n) is 3.74. The summed E-state index contributed by atoms with van der Waals surface area (Å²) in [4.78, 5) is 11.5. The smallest absolute Gasteiger partial charge is 0.245 e. The maximum Gasteiger partial charge on any atom is 0.245 e. The Morgan fingerprint density at radius 1 is 1.40 bits per heavy atom. The van der Waals surface area contributed by atoms with Crippen molar-refractivity contribution in [2.45, 2.75) is 6.42 Å². The van der Waals surface area contributed by atoms with Crippen LogP contribution in [0.4, 0.5) is 0 Å². The van der Waals surface area contributed by atoms with Crippen molar-refractivity contribution >= 4 is 20.4 Å². The average Bonchev–Trinajstić information content (AvgIpc) is 2.46. The van der Waals surface area contributed by atoms with Crippen LogP contribution in [0.15, 0.2) is 36.4 Å². The van der Waals surface area contributed by atoms with E-state index in [2.05, 4.69) is 5.32 Å². The second-order valence-corrected chi connectivity index (χ2v) is 5.14. The number of hydrogen-bond donors (Lipinski definition) is 1. The molecular formula is C14H17N2O3P. The van der Waals surface area contributed by atoms with E-state index in [0.29, 0.717) is 13.0 Å². The molecule has 0 fully saturated rings. The van der Waals surface area contributed by atoms with E-state index in [1.807, 2.05) is 36.4 Å². The summed E-state index contributed by atoms with van der Waals surface area (Å²) in [6, 6.07) is 11.5. The van der Waals surface area contributed by atoms with Gasteiger partial charge in [0.1, 0.15) is 6.73 Å². The highest BCUT2D eigenvalue weighted by molar-refractivity contribution is 7.46. The third kappa shape index (κ3) is 7.65. The number of amides is 1. The first kappa shape index (κ1) is 16.3. The Bertz CT molecular complexity index is 471. The van der Waals surface area contributed by atoms with Crippen molar-refractivity contribution in [3.05, 3.63) is 42.0 Å². The molecule has 5 nitrogen and oxygen atoms in total. The van der Waals surface area contributed by atoms with Crippen molar-refractivity contribution in [2.24, 2.45) is 0 Å². The maximum absolute atomic E-state index is 11.5. The second kappa shape index (κ2) is 10.1. The molecule has 6 heteroatoms. The molecule has 20 heavy (non-hydrogen) atoms. The molecule has 0 heterocycles. The predicted molar refractivity (Wildman–Crippen MR) is 78.6 cm³/mol. The summed E-state index contributed by atoms with van der Waals surface area (Å²) in [7, 11) is -1.07. The molecule has 0 aliphatic rings. The average molecular weight is 292 g/mol. The SMILES string of the molecule is CP(OCCC#N)OCNC(=O)/C=C/c1ccccc1. The molecule has 0 spiro atoms. The van der Waals surface area contributed by atoms with E-state index >= 15 is 0 Å². The van der Waals surface area contributed by atoms with E-state index in [-0.39, 0.29) is 12.6 Å². The molecule has 1 N–H and O–H groups in total. The molecule has 1 rings (SSSR count). The first-order valence-electron chi connectivity index (χ1n) is 6.10. The van der Waals surface area contributed by atoms with Crippen LogP contribution in [-0.4, -0.2) is 25.9 Å². The molecule has 1 atom stereocenters. The summed E-state index contributed by atoms with van der Waals surface area (Å²) in [6.07, 6.45) is 3.52. The molecule has 0 aliphatic carbocycles. The zero-order chi connectivity index (χ0) is 14.6. The summed E-state index contributed by atoms with van der Waals surface area (Å²) in [6.45, 7) is 2.21. The molecule has 0 saturated carbocycles. The van der Waals surface area contributed by atoms with E-state index in [4.69, 9.17) is 14.3 Å². The van der Waals surface area contributed by atoms with Gasteiger partial charge in [-0.2, -0.15) is 5.26 Å². The van der Waals surface area contributed by atoms with Crippen LogP contribution in [0, 0.1) is 11.3 Å². The maximum atomic E-state index is 11.5. The van der Waals surface area contributed by atoms with Gasteiger partial charge in [-0.15, -0.1) is 0 Å². The molecule has 0 radical (unpaired) electrons. The van der Waals surface area contributed by atoms with Crippen molar-refractivity contribution in [2.75, 3.05) is 20.0 Å². The highest BCUT2D eigenvalue weighted by Crippen LogP contribution is 2.32. The monoisotopic (exact) mass is 292 g/mol. The van der Waals surface area contributed by atoms with Crippen molar-refractivity contribution in [1.29, 1.82) is 5.26 Å². The number of carbonyl (C=O) groups is 1. The standard InChI is InChI=1S/C14H17N2O3P/c1-20(18-11-5-10-15)19-12-16-14(17)9-8-13-6-3-2-4-7-13/h2-4,6-9H,5,11-12H2,1H3,(H,16,17)/b9-8+. The molecule has 0 saturated heterocycles. The molecule has 1 amide bonds. The molecule has 0 bridgehead atoms. The number of nitrogens with one attached hydrogen (secondary N) is 1. The Morgan fingerprint density at radius 3 is 2.85 bits per heavy atom. The van der Waals surface area contributed by atoms with Crippen molar-refractivity contribution < 1.29 is 13.8 Å². The van der Waals surface area contributed by atoms with Gasteiger partial charge in [0.2, 0.25) is 5.91 Å². The fraction of sp³-hybridized carbons (Fsp3) is 0.286. The van der Waals surface area contributed by atoms with E-state index in [0.717, 1.165) is 5.56 Å². The van der Waals surface area contributed by atoms with Gasteiger partial charge in [-0.1, -0.05) is 30.3 Å². The van der Waals surface area contributed by atoms with E-state index in [9.17, 15) is 4.79 Å². The first-order chi connectivity index (χ1) is 9.72. The summed E-state index contributed by atoms with van der Waals surface area (Å²) < 4.78 is 10.5. The molecule has 106 valence electrons. The summed E-state index contributed by atoms with van der Waals surface area (Å²) in [5, 5.41) is 11.0. The van der Waals surface area contributed by atoms with Gasteiger partial charge in [-0.25, -0.2) is 0 Å².